The molecule has 3 aromatic rings. The van der Waals surface area contributed by atoms with Crippen molar-refractivity contribution < 1.29 is 9.18 Å². The third kappa shape index (κ3) is 3.93. The molecule has 4 rings (SSSR count). The largest absolute Gasteiger partial charge is 0.366 e. The Bertz CT molecular complexity index is 1140. The Labute approximate surface area is 176 Å². The van der Waals surface area contributed by atoms with Crippen LogP contribution in [0, 0.1) is 5.82 Å². The molecular weight excluding hydrogens is 418 g/mol. The fourth-order valence-electron chi connectivity index (χ4n) is 3.46. The van der Waals surface area contributed by atoms with Gasteiger partial charge in [-0.1, -0.05) is 35.3 Å². The van der Waals surface area contributed by atoms with E-state index in [1.165, 1.54) is 29.1 Å². The fraction of sp³-hybridized carbons (Fsp3) is 0.250. The van der Waals surface area contributed by atoms with Crippen molar-refractivity contribution in [1.82, 2.24) is 14.5 Å². The molecule has 1 aliphatic rings. The molecule has 0 atom stereocenters. The maximum atomic E-state index is 14.0. The molecule has 0 N–H and O–H groups in total. The highest BCUT2D eigenvalue weighted by Gasteiger charge is 2.23. The second-order valence-corrected chi connectivity index (χ2v) is 7.62. The van der Waals surface area contributed by atoms with E-state index in [2.05, 4.69) is 4.98 Å². The van der Waals surface area contributed by atoms with Crippen molar-refractivity contribution in [1.29, 1.82) is 0 Å². The van der Waals surface area contributed by atoms with Gasteiger partial charge in [-0.05, 0) is 24.3 Å². The van der Waals surface area contributed by atoms with Crippen LogP contribution in [-0.2, 0) is 11.3 Å². The van der Waals surface area contributed by atoms with Crippen molar-refractivity contribution in [3.8, 4) is 0 Å². The predicted octanol–water partition coefficient (Wildman–Crippen LogP) is 3.19. The van der Waals surface area contributed by atoms with Crippen LogP contribution < -0.4 is 10.5 Å². The molecule has 0 saturated carbocycles. The van der Waals surface area contributed by atoms with Crippen molar-refractivity contribution >= 4 is 45.7 Å². The van der Waals surface area contributed by atoms with E-state index >= 15 is 0 Å². The lowest BCUT2D eigenvalue weighted by Gasteiger charge is -2.36. The first kappa shape index (κ1) is 19.7. The van der Waals surface area contributed by atoms with Crippen molar-refractivity contribution in [2.75, 3.05) is 31.1 Å². The first-order chi connectivity index (χ1) is 13.9. The second kappa shape index (κ2) is 8.00. The first-order valence-electron chi connectivity index (χ1n) is 9.05. The number of anilines is 1. The Morgan fingerprint density at radius 1 is 1.10 bits per heavy atom. The smallest absolute Gasteiger partial charge is 0.261 e. The molecule has 1 aromatic heterocycles. The number of carbonyl (C=O) groups is 1. The van der Waals surface area contributed by atoms with Crippen LogP contribution in [0.4, 0.5) is 10.1 Å². The number of carbonyl (C=O) groups excluding carboxylic acids is 1. The van der Waals surface area contributed by atoms with Gasteiger partial charge >= 0.3 is 0 Å². The number of fused-ring (bicyclic) bond motifs is 1. The second-order valence-electron chi connectivity index (χ2n) is 6.78. The molecule has 9 heteroatoms. The molecule has 1 aliphatic heterocycles. The zero-order valence-electron chi connectivity index (χ0n) is 15.3. The summed E-state index contributed by atoms with van der Waals surface area (Å²) in [5, 5.41) is 0.879. The van der Waals surface area contributed by atoms with Crippen molar-refractivity contribution in [2.45, 2.75) is 6.54 Å². The highest BCUT2D eigenvalue weighted by atomic mass is 35.5. The van der Waals surface area contributed by atoms with Gasteiger partial charge < -0.3 is 9.80 Å². The summed E-state index contributed by atoms with van der Waals surface area (Å²) in [5.74, 6) is -0.479. The van der Waals surface area contributed by atoms with Crippen molar-refractivity contribution in [3.63, 3.8) is 0 Å². The Balaban J connectivity index is 1.47. The maximum absolute atomic E-state index is 14.0. The number of hydrogen-bond donors (Lipinski definition) is 0. The van der Waals surface area contributed by atoms with Gasteiger partial charge in [-0.25, -0.2) is 9.37 Å². The minimum Gasteiger partial charge on any atom is -0.366 e. The highest BCUT2D eigenvalue weighted by molar-refractivity contribution is 6.38. The van der Waals surface area contributed by atoms with Crippen LogP contribution in [0.1, 0.15) is 0 Å². The molecule has 0 bridgehead atoms. The zero-order chi connectivity index (χ0) is 20.5. The summed E-state index contributed by atoms with van der Waals surface area (Å²) in [4.78, 5) is 33.2. The SMILES string of the molecule is O=C(Cn1cnc2c(Cl)cc(Cl)cc2c1=O)N1CCN(c2ccccc2F)CC1. The Hall–Kier alpha value is -2.64. The van der Waals surface area contributed by atoms with Crippen LogP contribution in [0.15, 0.2) is 47.5 Å². The Morgan fingerprint density at radius 2 is 1.83 bits per heavy atom. The summed E-state index contributed by atoms with van der Waals surface area (Å²) < 4.78 is 15.2. The molecule has 0 radical (unpaired) electrons. The Morgan fingerprint density at radius 3 is 2.55 bits per heavy atom. The van der Waals surface area contributed by atoms with Crippen LogP contribution in [0.3, 0.4) is 0 Å². The number of halogens is 3. The van der Waals surface area contributed by atoms with Crippen LogP contribution in [0.5, 0.6) is 0 Å². The number of nitrogens with zero attached hydrogens (tertiary/aromatic N) is 4. The van der Waals surface area contributed by atoms with Gasteiger partial charge in [-0.2, -0.15) is 0 Å². The lowest BCUT2D eigenvalue weighted by molar-refractivity contribution is -0.132. The molecule has 0 unspecified atom stereocenters. The Kier molecular flexibility index (Phi) is 5.43. The quantitative estimate of drug-likeness (QED) is 0.634. The number of rotatable bonds is 3. The lowest BCUT2D eigenvalue weighted by Crippen LogP contribution is -2.50. The summed E-state index contributed by atoms with van der Waals surface area (Å²) in [5.41, 5.74) is 0.504. The van der Waals surface area contributed by atoms with Crippen LogP contribution in [0.25, 0.3) is 10.9 Å². The van der Waals surface area contributed by atoms with Crippen LogP contribution in [-0.4, -0.2) is 46.5 Å². The molecule has 2 aromatic carbocycles. The van der Waals surface area contributed by atoms with Crippen LogP contribution >= 0.6 is 23.2 Å². The summed E-state index contributed by atoms with van der Waals surface area (Å²) in [6.45, 7) is 1.79. The van der Waals surface area contributed by atoms with E-state index in [1.54, 1.807) is 23.1 Å². The first-order valence-corrected chi connectivity index (χ1v) is 9.81. The van der Waals surface area contributed by atoms with E-state index in [0.29, 0.717) is 42.4 Å². The summed E-state index contributed by atoms with van der Waals surface area (Å²) in [6.07, 6.45) is 1.32. The van der Waals surface area contributed by atoms with E-state index in [1.807, 2.05) is 4.90 Å². The minimum atomic E-state index is -0.377. The van der Waals surface area contributed by atoms with Gasteiger partial charge in [0.2, 0.25) is 5.91 Å². The molecule has 0 spiro atoms. The lowest BCUT2D eigenvalue weighted by atomic mass is 10.2. The number of aromatic nitrogens is 2. The van der Waals surface area contributed by atoms with Gasteiger partial charge in [0.05, 0.1) is 27.9 Å². The standard InChI is InChI=1S/C20H17Cl2FN4O2/c21-13-9-14-19(15(22)10-13)24-12-27(20(14)29)11-18(28)26-7-5-25(6-8-26)17-4-2-1-3-16(17)23/h1-4,9-10,12H,5-8,11H2. The zero-order valence-corrected chi connectivity index (χ0v) is 16.8. The van der Waals surface area contributed by atoms with Crippen molar-refractivity contribution in [3.05, 3.63) is 68.9 Å². The van der Waals surface area contributed by atoms with Gasteiger partial charge in [0.25, 0.3) is 5.56 Å². The molecule has 29 heavy (non-hydrogen) atoms. The van der Waals surface area contributed by atoms with Gasteiger partial charge in [0.15, 0.2) is 0 Å². The molecule has 6 nitrogen and oxygen atoms in total. The van der Waals surface area contributed by atoms with E-state index in [-0.39, 0.29) is 34.2 Å². The normalized spacial score (nSPS) is 14.4. The molecule has 0 aliphatic carbocycles. The number of hydrogen-bond acceptors (Lipinski definition) is 4. The topological polar surface area (TPSA) is 58.4 Å². The van der Waals surface area contributed by atoms with E-state index in [4.69, 9.17) is 23.2 Å². The minimum absolute atomic E-state index is 0.133. The summed E-state index contributed by atoms with van der Waals surface area (Å²) >= 11 is 12.1. The van der Waals surface area contributed by atoms with E-state index in [9.17, 15) is 14.0 Å². The fourth-order valence-corrected chi connectivity index (χ4v) is 4.00. The summed E-state index contributed by atoms with van der Waals surface area (Å²) in [7, 11) is 0. The third-order valence-electron chi connectivity index (χ3n) is 4.98. The molecule has 1 fully saturated rings. The van der Waals surface area contributed by atoms with Crippen molar-refractivity contribution in [2.24, 2.45) is 0 Å². The molecule has 1 amide bonds. The highest BCUT2D eigenvalue weighted by Crippen LogP contribution is 2.24. The monoisotopic (exact) mass is 434 g/mol. The number of benzene rings is 2. The average molecular weight is 435 g/mol. The average Bonchev–Trinajstić information content (AvgIpc) is 2.71. The van der Waals surface area contributed by atoms with Crippen LogP contribution in [0.2, 0.25) is 10.0 Å². The van der Waals surface area contributed by atoms with E-state index < -0.39 is 0 Å². The van der Waals surface area contributed by atoms with Gasteiger partial charge in [0, 0.05) is 31.2 Å². The number of amides is 1. The summed E-state index contributed by atoms with van der Waals surface area (Å²) in [6, 6.07) is 9.59. The third-order valence-corrected chi connectivity index (χ3v) is 5.48. The van der Waals surface area contributed by atoms with Gasteiger partial charge in [-0.15, -0.1) is 0 Å². The van der Waals surface area contributed by atoms with Gasteiger partial charge in [-0.3, -0.25) is 14.2 Å². The molecule has 2 heterocycles. The van der Waals surface area contributed by atoms with Gasteiger partial charge in [0.1, 0.15) is 12.4 Å². The molecular formula is C20H17Cl2FN4O2. The molecule has 150 valence electrons. The maximum Gasteiger partial charge on any atom is 0.261 e. The number of piperazine rings is 1. The van der Waals surface area contributed by atoms with E-state index in [0.717, 1.165) is 0 Å². The predicted molar refractivity (Wildman–Crippen MR) is 111 cm³/mol. The number of para-hydroxylation sites is 1. The molecule has 1 saturated heterocycles.